The highest BCUT2D eigenvalue weighted by molar-refractivity contribution is 5.93. The van der Waals surface area contributed by atoms with Crippen LogP contribution in [-0.2, 0) is 11.3 Å². The fourth-order valence-electron chi connectivity index (χ4n) is 3.64. The Kier molecular flexibility index (Phi) is 7.03. The molecule has 3 aromatic rings. The van der Waals surface area contributed by atoms with Crippen LogP contribution in [0.4, 0.5) is 26.7 Å². The molecule has 206 valence electrons. The average molecular weight is 545 g/mol. The molecule has 1 aliphatic heterocycles. The van der Waals surface area contributed by atoms with Crippen LogP contribution in [0.5, 0.6) is 0 Å². The van der Waals surface area contributed by atoms with E-state index in [1.807, 2.05) is 0 Å². The van der Waals surface area contributed by atoms with Gasteiger partial charge in [0.15, 0.2) is 11.3 Å². The highest BCUT2D eigenvalue weighted by Gasteiger charge is 2.49. The number of carbonyl (C=O) groups is 2. The summed E-state index contributed by atoms with van der Waals surface area (Å²) in [6.45, 7) is 0.944. The van der Waals surface area contributed by atoms with Gasteiger partial charge in [-0.3, -0.25) is 4.79 Å². The summed E-state index contributed by atoms with van der Waals surface area (Å²) in [6.07, 6.45) is -4.69. The molecule has 0 bridgehead atoms. The molecule has 3 amide bonds. The molecule has 1 aliphatic rings. The van der Waals surface area contributed by atoms with Crippen LogP contribution in [-0.4, -0.2) is 74.5 Å². The molecule has 4 rings (SSSR count). The summed E-state index contributed by atoms with van der Waals surface area (Å²) in [5.41, 5.74) is -1.25. The highest BCUT2D eigenvalue weighted by atomic mass is 19.4. The van der Waals surface area contributed by atoms with Gasteiger partial charge in [0.05, 0.1) is 30.7 Å². The second-order valence-corrected chi connectivity index (χ2v) is 9.39. The first kappa shape index (κ1) is 27.2. The van der Waals surface area contributed by atoms with Crippen molar-refractivity contribution in [3.8, 4) is 0 Å². The summed E-state index contributed by atoms with van der Waals surface area (Å²) in [4.78, 5) is 33.0. The second kappa shape index (κ2) is 9.81. The number of alkyl halides is 5. The molecule has 3 N–H and O–H groups in total. The van der Waals surface area contributed by atoms with E-state index >= 15 is 0 Å². The minimum atomic E-state index is -4.69. The number of halogens is 5. The van der Waals surface area contributed by atoms with E-state index in [0.717, 1.165) is 18.7 Å². The summed E-state index contributed by atoms with van der Waals surface area (Å²) in [5.74, 6) is -3.79. The number of nitrogens with zero attached hydrogens (tertiary/aromatic N) is 4. The Morgan fingerprint density at radius 1 is 1.29 bits per heavy atom. The fourth-order valence-corrected chi connectivity index (χ4v) is 3.64. The monoisotopic (exact) mass is 545 g/mol. The van der Waals surface area contributed by atoms with Gasteiger partial charge in [0.2, 0.25) is 0 Å². The number of fused-ring (bicyclic) bond motifs is 1. The maximum Gasteiger partial charge on any atom is 0.416 e. The quantitative estimate of drug-likeness (QED) is 0.370. The van der Waals surface area contributed by atoms with Crippen molar-refractivity contribution in [2.45, 2.75) is 51.1 Å². The van der Waals surface area contributed by atoms with Crippen molar-refractivity contribution >= 4 is 23.0 Å². The fraction of sp³-hybridized carbons (Fsp3) is 0.500. The molecule has 2 aromatic heterocycles. The van der Waals surface area contributed by atoms with E-state index in [2.05, 4.69) is 35.5 Å². The third-order valence-electron chi connectivity index (χ3n) is 5.94. The van der Waals surface area contributed by atoms with Gasteiger partial charge in [-0.1, -0.05) is 11.2 Å². The average Bonchev–Trinajstić information content (AvgIpc) is 3.43. The SMILES string of the molecule is Cc1nonc1C(=O)NC(COC(C)(C)C(F)(F)F)c1nc2ccc(CN3CC(F)(F)CNC3=O)cc2[nH]1. The number of aromatic amines is 1. The molecular weight excluding hydrogens is 521 g/mol. The molecule has 38 heavy (non-hydrogen) atoms. The van der Waals surface area contributed by atoms with Crippen molar-refractivity contribution in [2.75, 3.05) is 19.7 Å². The first-order valence-electron chi connectivity index (χ1n) is 11.3. The number of rotatable bonds is 8. The number of carbonyl (C=O) groups excluding carboxylic acids is 2. The molecule has 0 saturated carbocycles. The molecule has 0 spiro atoms. The predicted octanol–water partition coefficient (Wildman–Crippen LogP) is 3.24. The van der Waals surface area contributed by atoms with Gasteiger partial charge in [-0.15, -0.1) is 0 Å². The van der Waals surface area contributed by atoms with Crippen molar-refractivity contribution in [1.82, 2.24) is 35.8 Å². The molecule has 16 heteroatoms. The predicted molar refractivity (Wildman–Crippen MR) is 120 cm³/mol. The van der Waals surface area contributed by atoms with Crippen molar-refractivity contribution in [3.63, 3.8) is 0 Å². The van der Waals surface area contributed by atoms with Gasteiger partial charge in [0.25, 0.3) is 11.8 Å². The van der Waals surface area contributed by atoms with E-state index in [1.54, 1.807) is 18.2 Å². The summed E-state index contributed by atoms with van der Waals surface area (Å²) >= 11 is 0. The van der Waals surface area contributed by atoms with Crippen LogP contribution in [0.3, 0.4) is 0 Å². The Hall–Kier alpha value is -3.82. The Bertz CT molecular complexity index is 1340. The summed E-state index contributed by atoms with van der Waals surface area (Å²) in [5, 5.41) is 11.7. The number of hydrogen-bond acceptors (Lipinski definition) is 7. The van der Waals surface area contributed by atoms with Crippen molar-refractivity contribution < 1.29 is 40.9 Å². The van der Waals surface area contributed by atoms with Crippen molar-refractivity contribution in [1.29, 1.82) is 0 Å². The smallest absolute Gasteiger partial charge is 0.364 e. The van der Waals surface area contributed by atoms with Gasteiger partial charge >= 0.3 is 12.2 Å². The second-order valence-electron chi connectivity index (χ2n) is 9.39. The lowest BCUT2D eigenvalue weighted by Gasteiger charge is -2.33. The van der Waals surface area contributed by atoms with Crippen LogP contribution in [0.2, 0.25) is 0 Å². The maximum atomic E-state index is 13.7. The molecule has 1 atom stereocenters. The summed E-state index contributed by atoms with van der Waals surface area (Å²) < 4.78 is 77.2. The number of imidazole rings is 1. The molecule has 0 radical (unpaired) electrons. The van der Waals surface area contributed by atoms with Crippen LogP contribution in [0.25, 0.3) is 11.0 Å². The summed E-state index contributed by atoms with van der Waals surface area (Å²) in [6, 6.07) is 2.88. The molecule has 1 fully saturated rings. The molecule has 1 unspecified atom stereocenters. The number of ether oxygens (including phenoxy) is 1. The van der Waals surface area contributed by atoms with E-state index in [4.69, 9.17) is 4.74 Å². The van der Waals surface area contributed by atoms with Gasteiger partial charge in [-0.2, -0.15) is 13.2 Å². The van der Waals surface area contributed by atoms with Crippen LogP contribution in [0.1, 0.15) is 47.5 Å². The Labute approximate surface area is 212 Å². The first-order valence-corrected chi connectivity index (χ1v) is 11.3. The Balaban J connectivity index is 1.59. The third kappa shape index (κ3) is 5.84. The number of nitrogens with one attached hydrogen (secondary N) is 3. The number of aryl methyl sites for hydroxylation is 1. The number of urea groups is 1. The zero-order valence-electron chi connectivity index (χ0n) is 20.4. The van der Waals surface area contributed by atoms with Crippen LogP contribution in [0, 0.1) is 6.92 Å². The summed E-state index contributed by atoms with van der Waals surface area (Å²) in [7, 11) is 0. The van der Waals surface area contributed by atoms with E-state index in [9.17, 15) is 31.5 Å². The minimum absolute atomic E-state index is 0.0693. The van der Waals surface area contributed by atoms with Crippen LogP contribution in [0.15, 0.2) is 22.8 Å². The number of amides is 3. The van der Waals surface area contributed by atoms with Crippen molar-refractivity contribution in [3.05, 3.63) is 41.0 Å². The molecule has 1 aromatic carbocycles. The van der Waals surface area contributed by atoms with Crippen molar-refractivity contribution in [2.24, 2.45) is 0 Å². The highest BCUT2D eigenvalue weighted by Crippen LogP contribution is 2.34. The number of aromatic nitrogens is 4. The lowest BCUT2D eigenvalue weighted by molar-refractivity contribution is -0.265. The van der Waals surface area contributed by atoms with Crippen LogP contribution < -0.4 is 10.6 Å². The molecule has 1 saturated heterocycles. The number of H-pyrrole nitrogens is 1. The normalized spacial score (nSPS) is 16.9. The van der Waals surface area contributed by atoms with E-state index in [0.29, 0.717) is 16.6 Å². The molecule has 0 aliphatic carbocycles. The molecule has 3 heterocycles. The number of hydrogen-bond donors (Lipinski definition) is 3. The van der Waals surface area contributed by atoms with Gasteiger partial charge in [-0.25, -0.2) is 23.2 Å². The molecule has 11 nitrogen and oxygen atoms in total. The van der Waals surface area contributed by atoms with Gasteiger partial charge in [0.1, 0.15) is 17.6 Å². The van der Waals surface area contributed by atoms with Gasteiger partial charge in [0, 0.05) is 6.54 Å². The van der Waals surface area contributed by atoms with Crippen LogP contribution >= 0.6 is 0 Å². The largest absolute Gasteiger partial charge is 0.416 e. The van der Waals surface area contributed by atoms with Gasteiger partial charge in [-0.05, 0) is 43.6 Å². The zero-order valence-corrected chi connectivity index (χ0v) is 20.4. The first-order chi connectivity index (χ1) is 17.6. The van der Waals surface area contributed by atoms with E-state index in [1.165, 1.54) is 6.92 Å². The maximum absolute atomic E-state index is 13.7. The standard InChI is InChI=1S/C22H24F5N7O4/c1-11-16(33-38-32-11)18(35)31-15(8-37-20(2,3)22(25,26)27)17-29-13-5-4-12(6-14(13)30-17)7-34-10-21(23,24)9-28-19(34)36/h4-6,15H,7-10H2,1-3H3,(H,28,36)(H,29,30)(H,31,35). The van der Waals surface area contributed by atoms with E-state index < -0.39 is 55.4 Å². The Morgan fingerprint density at radius 2 is 2.03 bits per heavy atom. The zero-order chi connectivity index (χ0) is 27.9. The molecular formula is C22H24F5N7O4. The van der Waals surface area contributed by atoms with Gasteiger partial charge < -0.3 is 25.3 Å². The van der Waals surface area contributed by atoms with E-state index in [-0.39, 0.29) is 23.8 Å². The number of benzene rings is 1. The topological polar surface area (TPSA) is 138 Å². The lowest BCUT2D eigenvalue weighted by Crippen LogP contribution is -2.56. The Morgan fingerprint density at radius 3 is 2.68 bits per heavy atom. The minimum Gasteiger partial charge on any atom is -0.364 e. The third-order valence-corrected chi connectivity index (χ3v) is 5.94. The lowest BCUT2D eigenvalue weighted by atomic mass is 10.1.